The minimum absolute atomic E-state index is 0.00144. The van der Waals surface area contributed by atoms with E-state index >= 15 is 0 Å². The Morgan fingerprint density at radius 2 is 2.15 bits per heavy atom. The van der Waals surface area contributed by atoms with Gasteiger partial charge >= 0.3 is 5.97 Å². The molecule has 1 aromatic carbocycles. The first-order chi connectivity index (χ1) is 9.49. The summed E-state index contributed by atoms with van der Waals surface area (Å²) in [6.07, 6.45) is 0. The van der Waals surface area contributed by atoms with Crippen molar-refractivity contribution in [2.45, 2.75) is 6.92 Å². The highest BCUT2D eigenvalue weighted by atomic mass is 19.1. The molecule has 0 aliphatic heterocycles. The smallest absolute Gasteiger partial charge is 0.335 e. The normalized spacial score (nSPS) is 9.85. The van der Waals surface area contributed by atoms with E-state index in [2.05, 4.69) is 4.98 Å². The van der Waals surface area contributed by atoms with Crippen molar-refractivity contribution in [1.29, 1.82) is 5.26 Å². The Kier molecular flexibility index (Phi) is 3.62. The van der Waals surface area contributed by atoms with Crippen LogP contribution in [0.15, 0.2) is 30.3 Å². The van der Waals surface area contributed by atoms with E-state index in [9.17, 15) is 9.18 Å². The number of aromatic nitrogens is 1. The Morgan fingerprint density at radius 3 is 2.75 bits per heavy atom. The van der Waals surface area contributed by atoms with E-state index in [1.165, 1.54) is 24.3 Å². The van der Waals surface area contributed by atoms with Gasteiger partial charge in [-0.2, -0.15) is 5.26 Å². The summed E-state index contributed by atoms with van der Waals surface area (Å²) in [5.74, 6) is -1.99. The van der Waals surface area contributed by atoms with Crippen molar-refractivity contribution in [3.05, 3.63) is 53.0 Å². The van der Waals surface area contributed by atoms with Gasteiger partial charge in [0.25, 0.3) is 0 Å². The monoisotopic (exact) mass is 272 g/mol. The molecule has 20 heavy (non-hydrogen) atoms. The lowest BCUT2D eigenvalue weighted by Crippen LogP contribution is -2.00. The van der Waals surface area contributed by atoms with Crippen LogP contribution < -0.4 is 4.74 Å². The molecule has 0 bridgehead atoms. The highest BCUT2D eigenvalue weighted by Crippen LogP contribution is 2.24. The van der Waals surface area contributed by atoms with E-state index in [0.29, 0.717) is 5.69 Å². The standard InChI is InChI=1S/C14H9FN2O3/c1-8-4-10(14(18)19)6-13(17-8)20-12-3-2-9(7-16)5-11(12)15/h2-6H,1H3,(H,18,19). The van der Waals surface area contributed by atoms with Gasteiger partial charge in [0.05, 0.1) is 17.2 Å². The van der Waals surface area contributed by atoms with E-state index in [0.717, 1.165) is 6.07 Å². The predicted octanol–water partition coefficient (Wildman–Crippen LogP) is 2.89. The molecule has 1 heterocycles. The molecule has 2 rings (SSSR count). The van der Waals surface area contributed by atoms with Crippen molar-refractivity contribution >= 4 is 5.97 Å². The molecule has 0 aliphatic rings. The van der Waals surface area contributed by atoms with Crippen molar-refractivity contribution in [3.8, 4) is 17.7 Å². The zero-order valence-electron chi connectivity index (χ0n) is 10.4. The number of carboxylic acid groups (broad SMARTS) is 1. The van der Waals surface area contributed by atoms with E-state index < -0.39 is 11.8 Å². The molecule has 1 N–H and O–H groups in total. The molecule has 100 valence electrons. The number of pyridine rings is 1. The molecule has 5 nitrogen and oxygen atoms in total. The van der Waals surface area contributed by atoms with Gasteiger partial charge in [-0.3, -0.25) is 0 Å². The average molecular weight is 272 g/mol. The molecular weight excluding hydrogens is 263 g/mol. The number of aryl methyl sites for hydroxylation is 1. The number of hydrogen-bond donors (Lipinski definition) is 1. The summed E-state index contributed by atoms with van der Waals surface area (Å²) in [6.45, 7) is 1.61. The zero-order chi connectivity index (χ0) is 14.7. The third kappa shape index (κ3) is 2.90. The molecule has 1 aromatic heterocycles. The molecule has 2 aromatic rings. The highest BCUT2D eigenvalue weighted by molar-refractivity contribution is 5.88. The molecule has 0 unspecified atom stereocenters. The molecular formula is C14H9FN2O3. The summed E-state index contributed by atoms with van der Waals surface area (Å²) < 4.78 is 18.9. The minimum Gasteiger partial charge on any atom is -0.478 e. The van der Waals surface area contributed by atoms with Crippen LogP contribution in [0.2, 0.25) is 0 Å². The minimum atomic E-state index is -1.12. The third-order valence-electron chi connectivity index (χ3n) is 2.45. The van der Waals surface area contributed by atoms with Gasteiger partial charge in [-0.25, -0.2) is 14.2 Å². The Hall–Kier alpha value is -2.94. The molecule has 0 radical (unpaired) electrons. The fourth-order valence-electron chi connectivity index (χ4n) is 1.58. The summed E-state index contributed by atoms with van der Waals surface area (Å²) in [7, 11) is 0. The Bertz CT molecular complexity index is 723. The second kappa shape index (κ2) is 5.36. The van der Waals surface area contributed by atoms with Crippen LogP contribution in [0.5, 0.6) is 11.6 Å². The van der Waals surface area contributed by atoms with Crippen LogP contribution in [0.25, 0.3) is 0 Å². The first kappa shape index (κ1) is 13.5. The van der Waals surface area contributed by atoms with Crippen molar-refractivity contribution in [1.82, 2.24) is 4.98 Å². The number of carbonyl (C=O) groups is 1. The van der Waals surface area contributed by atoms with E-state index in [1.807, 2.05) is 0 Å². The number of benzene rings is 1. The van der Waals surface area contributed by atoms with Gasteiger partial charge in [0.2, 0.25) is 5.88 Å². The van der Waals surface area contributed by atoms with Crippen LogP contribution in [0.1, 0.15) is 21.6 Å². The van der Waals surface area contributed by atoms with Crippen molar-refractivity contribution < 1.29 is 19.0 Å². The molecule has 6 heteroatoms. The Labute approximate surface area is 113 Å². The third-order valence-corrected chi connectivity index (χ3v) is 2.45. The summed E-state index contributed by atoms with van der Waals surface area (Å²) >= 11 is 0. The number of rotatable bonds is 3. The zero-order valence-corrected chi connectivity index (χ0v) is 10.4. The molecule has 0 amide bonds. The molecule has 0 spiro atoms. The molecule has 0 aliphatic carbocycles. The quantitative estimate of drug-likeness (QED) is 0.928. The van der Waals surface area contributed by atoms with Gasteiger partial charge in [0, 0.05) is 11.8 Å². The summed E-state index contributed by atoms with van der Waals surface area (Å²) in [4.78, 5) is 14.9. The number of aromatic carboxylic acids is 1. The summed E-state index contributed by atoms with van der Waals surface area (Å²) in [5, 5.41) is 17.6. The number of hydrogen-bond acceptors (Lipinski definition) is 4. The maximum atomic E-state index is 13.7. The van der Waals surface area contributed by atoms with Crippen LogP contribution in [0.4, 0.5) is 4.39 Å². The van der Waals surface area contributed by atoms with E-state index in [-0.39, 0.29) is 22.8 Å². The largest absolute Gasteiger partial charge is 0.478 e. The van der Waals surface area contributed by atoms with E-state index in [4.69, 9.17) is 15.1 Å². The lowest BCUT2D eigenvalue weighted by Gasteiger charge is -2.07. The lowest BCUT2D eigenvalue weighted by molar-refractivity contribution is 0.0696. The predicted molar refractivity (Wildman–Crippen MR) is 67.1 cm³/mol. The number of ether oxygens (including phenoxy) is 1. The molecule has 0 fully saturated rings. The summed E-state index contributed by atoms with van der Waals surface area (Å²) in [5.41, 5.74) is 0.605. The van der Waals surface area contributed by atoms with Crippen LogP contribution in [-0.4, -0.2) is 16.1 Å². The maximum absolute atomic E-state index is 13.7. The first-order valence-electron chi connectivity index (χ1n) is 5.59. The van der Waals surface area contributed by atoms with Crippen LogP contribution >= 0.6 is 0 Å². The van der Waals surface area contributed by atoms with Gasteiger partial charge in [0.15, 0.2) is 11.6 Å². The van der Waals surface area contributed by atoms with Gasteiger partial charge in [0.1, 0.15) is 0 Å². The highest BCUT2D eigenvalue weighted by Gasteiger charge is 2.11. The molecule has 0 saturated carbocycles. The van der Waals surface area contributed by atoms with E-state index in [1.54, 1.807) is 13.0 Å². The molecule has 0 atom stereocenters. The number of carboxylic acids is 1. The van der Waals surface area contributed by atoms with Crippen LogP contribution in [0.3, 0.4) is 0 Å². The van der Waals surface area contributed by atoms with Crippen molar-refractivity contribution in [2.75, 3.05) is 0 Å². The second-order valence-electron chi connectivity index (χ2n) is 4.00. The Balaban J connectivity index is 2.35. The number of nitriles is 1. The first-order valence-corrected chi connectivity index (χ1v) is 5.59. The summed E-state index contributed by atoms with van der Waals surface area (Å²) in [6, 6.07) is 8.10. The number of nitrogens with zero attached hydrogens (tertiary/aromatic N) is 2. The van der Waals surface area contributed by atoms with Crippen molar-refractivity contribution in [3.63, 3.8) is 0 Å². The number of halogens is 1. The lowest BCUT2D eigenvalue weighted by atomic mass is 10.2. The van der Waals surface area contributed by atoms with Gasteiger partial charge in [-0.05, 0) is 31.2 Å². The average Bonchev–Trinajstić information content (AvgIpc) is 2.40. The fraction of sp³-hybridized carbons (Fsp3) is 0.0714. The fourth-order valence-corrected chi connectivity index (χ4v) is 1.58. The molecule has 0 saturated heterocycles. The van der Waals surface area contributed by atoms with Gasteiger partial charge < -0.3 is 9.84 Å². The topological polar surface area (TPSA) is 83.2 Å². The van der Waals surface area contributed by atoms with Gasteiger partial charge in [-0.15, -0.1) is 0 Å². The van der Waals surface area contributed by atoms with Gasteiger partial charge in [-0.1, -0.05) is 0 Å². The van der Waals surface area contributed by atoms with Crippen LogP contribution in [0, 0.1) is 24.1 Å². The van der Waals surface area contributed by atoms with Crippen LogP contribution in [-0.2, 0) is 0 Å². The Morgan fingerprint density at radius 1 is 1.40 bits per heavy atom. The van der Waals surface area contributed by atoms with Crippen molar-refractivity contribution in [2.24, 2.45) is 0 Å². The SMILES string of the molecule is Cc1cc(C(=O)O)cc(Oc2ccc(C#N)cc2F)n1. The second-order valence-corrected chi connectivity index (χ2v) is 4.00. The maximum Gasteiger partial charge on any atom is 0.335 e.